The van der Waals surface area contributed by atoms with Crippen LogP contribution in [-0.2, 0) is 6.54 Å². The molecule has 0 aliphatic heterocycles. The van der Waals surface area contributed by atoms with Crippen molar-refractivity contribution in [2.24, 2.45) is 0 Å². The fraction of sp³-hybridized carbons (Fsp3) is 0.235. The lowest BCUT2D eigenvalue weighted by atomic mass is 10.2. The lowest BCUT2D eigenvalue weighted by molar-refractivity contribution is 0.419. The molecule has 0 saturated heterocycles. The summed E-state index contributed by atoms with van der Waals surface area (Å²) in [6, 6.07) is 6.30. The molecule has 0 bridgehead atoms. The van der Waals surface area contributed by atoms with Crippen LogP contribution in [0.3, 0.4) is 0 Å². The first-order valence-electron chi connectivity index (χ1n) is 7.50. The maximum atomic E-state index is 14.3. The van der Waals surface area contributed by atoms with Crippen LogP contribution < -0.4 is 10.1 Å². The Kier molecular flexibility index (Phi) is 5.33. The highest BCUT2D eigenvalue weighted by Gasteiger charge is 2.15. The number of nitrogens with one attached hydrogen (secondary N) is 1. The minimum absolute atomic E-state index is 0.200. The van der Waals surface area contributed by atoms with Crippen molar-refractivity contribution >= 4 is 50.8 Å². The number of hydrogen-bond acceptors (Lipinski definition) is 3. The maximum Gasteiger partial charge on any atom is 0.178 e. The van der Waals surface area contributed by atoms with Crippen LogP contribution in [0.5, 0.6) is 5.75 Å². The van der Waals surface area contributed by atoms with E-state index in [-0.39, 0.29) is 20.4 Å². The second-order valence-electron chi connectivity index (χ2n) is 5.47. The van der Waals surface area contributed by atoms with Crippen LogP contribution in [0, 0.1) is 22.3 Å². The molecule has 132 valence electrons. The average molecular weight is 478 g/mol. The summed E-state index contributed by atoms with van der Waals surface area (Å²) < 4.78 is 35.7. The van der Waals surface area contributed by atoms with Crippen molar-refractivity contribution in [3.8, 4) is 5.75 Å². The van der Waals surface area contributed by atoms with Gasteiger partial charge in [-0.2, -0.15) is 0 Å². The first kappa shape index (κ1) is 18.2. The number of pyridine rings is 1. The molecule has 8 heteroatoms. The molecule has 2 aromatic heterocycles. The molecule has 1 N–H and O–H groups in total. The van der Waals surface area contributed by atoms with Crippen molar-refractivity contribution < 1.29 is 13.5 Å². The fourth-order valence-corrected chi connectivity index (χ4v) is 3.69. The minimum Gasteiger partial charge on any atom is -0.496 e. The molecule has 2 heterocycles. The zero-order chi connectivity index (χ0) is 18.1. The molecule has 0 saturated carbocycles. The summed E-state index contributed by atoms with van der Waals surface area (Å²) in [5.74, 6) is -0.156. The Labute approximate surface area is 162 Å². The molecule has 4 nitrogen and oxygen atoms in total. The quantitative estimate of drug-likeness (QED) is 0.415. The largest absolute Gasteiger partial charge is 0.496 e. The number of benzene rings is 1. The van der Waals surface area contributed by atoms with Gasteiger partial charge in [0.2, 0.25) is 0 Å². The molecule has 3 aromatic rings. The van der Waals surface area contributed by atoms with Crippen LogP contribution in [0.1, 0.15) is 5.69 Å². The van der Waals surface area contributed by atoms with E-state index in [9.17, 15) is 8.78 Å². The molecule has 3 rings (SSSR count). The van der Waals surface area contributed by atoms with Gasteiger partial charge >= 0.3 is 0 Å². The van der Waals surface area contributed by atoms with E-state index in [1.54, 1.807) is 35.8 Å². The lowest BCUT2D eigenvalue weighted by Gasteiger charge is -2.12. The third-order valence-electron chi connectivity index (χ3n) is 3.93. The van der Waals surface area contributed by atoms with Crippen LogP contribution in [0.25, 0.3) is 10.9 Å². The second kappa shape index (κ2) is 7.33. The highest BCUT2D eigenvalue weighted by atomic mass is 127. The second-order valence-corrected chi connectivity index (χ2v) is 6.88. The molecule has 0 amide bonds. The lowest BCUT2D eigenvalue weighted by Crippen LogP contribution is -2.13. The van der Waals surface area contributed by atoms with Crippen LogP contribution in [0.2, 0.25) is 5.15 Å². The van der Waals surface area contributed by atoms with Crippen molar-refractivity contribution in [2.45, 2.75) is 13.5 Å². The van der Waals surface area contributed by atoms with Crippen LogP contribution in [0.4, 0.5) is 14.5 Å². The molecule has 25 heavy (non-hydrogen) atoms. The summed E-state index contributed by atoms with van der Waals surface area (Å²) in [6.07, 6.45) is 0. The number of aromatic nitrogens is 2. The Morgan fingerprint density at radius 2 is 2.08 bits per heavy atom. The highest BCUT2D eigenvalue weighted by molar-refractivity contribution is 14.1. The van der Waals surface area contributed by atoms with E-state index in [1.165, 1.54) is 12.1 Å². The third kappa shape index (κ3) is 3.52. The number of hydrogen-bond donors (Lipinski definition) is 1. The normalized spacial score (nSPS) is 11.1. The van der Waals surface area contributed by atoms with Gasteiger partial charge in [-0.25, -0.2) is 13.8 Å². The predicted octanol–water partition coefficient (Wildman–Crippen LogP) is 5.00. The Morgan fingerprint density at radius 3 is 2.80 bits per heavy atom. The van der Waals surface area contributed by atoms with Gasteiger partial charge in [-0.15, -0.1) is 0 Å². The van der Waals surface area contributed by atoms with Crippen LogP contribution >= 0.6 is 34.2 Å². The smallest absolute Gasteiger partial charge is 0.178 e. The number of anilines is 1. The Balaban J connectivity index is 1.86. The fourth-order valence-electron chi connectivity index (χ4n) is 2.81. The molecule has 0 spiro atoms. The van der Waals surface area contributed by atoms with Gasteiger partial charge in [-0.1, -0.05) is 11.6 Å². The van der Waals surface area contributed by atoms with E-state index in [0.29, 0.717) is 29.7 Å². The first-order chi connectivity index (χ1) is 11.9. The Morgan fingerprint density at radius 1 is 1.32 bits per heavy atom. The molecule has 0 radical (unpaired) electrons. The van der Waals surface area contributed by atoms with Crippen molar-refractivity contribution in [3.05, 3.63) is 50.4 Å². The number of rotatable bonds is 5. The van der Waals surface area contributed by atoms with Crippen LogP contribution in [-0.4, -0.2) is 23.2 Å². The van der Waals surface area contributed by atoms with E-state index in [4.69, 9.17) is 16.3 Å². The molecule has 0 aliphatic carbocycles. The first-order valence-corrected chi connectivity index (χ1v) is 8.95. The number of methoxy groups -OCH3 is 1. The zero-order valence-corrected chi connectivity index (χ0v) is 16.5. The van der Waals surface area contributed by atoms with Crippen molar-refractivity contribution in [1.29, 1.82) is 0 Å². The van der Waals surface area contributed by atoms with Crippen molar-refractivity contribution in [2.75, 3.05) is 19.0 Å². The number of aryl methyl sites for hydroxylation is 1. The summed E-state index contributed by atoms with van der Waals surface area (Å²) in [5, 5.41) is 3.92. The van der Waals surface area contributed by atoms with Gasteiger partial charge < -0.3 is 14.6 Å². The van der Waals surface area contributed by atoms with Gasteiger partial charge in [0.25, 0.3) is 0 Å². The van der Waals surface area contributed by atoms with Gasteiger partial charge in [0.1, 0.15) is 20.4 Å². The Hall–Kier alpha value is -1.61. The SMILES string of the molecule is COc1ccc(F)c2c1cc(C)n2CCNc1cc(Cl)nc(I)c1F. The summed E-state index contributed by atoms with van der Waals surface area (Å²) in [6.45, 7) is 2.75. The minimum atomic E-state index is -0.452. The van der Waals surface area contributed by atoms with E-state index in [1.807, 2.05) is 17.6 Å². The van der Waals surface area contributed by atoms with Crippen molar-refractivity contribution in [3.63, 3.8) is 0 Å². The predicted molar refractivity (Wildman–Crippen MR) is 104 cm³/mol. The summed E-state index contributed by atoms with van der Waals surface area (Å²) in [4.78, 5) is 3.85. The van der Waals surface area contributed by atoms with Crippen LogP contribution in [0.15, 0.2) is 24.3 Å². The van der Waals surface area contributed by atoms with E-state index >= 15 is 0 Å². The number of halogens is 4. The van der Waals surface area contributed by atoms with E-state index in [2.05, 4.69) is 10.3 Å². The van der Waals surface area contributed by atoms with Gasteiger partial charge in [-0.05, 0) is 47.7 Å². The molecule has 1 aromatic carbocycles. The molecular formula is C17H15ClF2IN3O. The van der Waals surface area contributed by atoms with Gasteiger partial charge in [0.15, 0.2) is 5.82 Å². The van der Waals surface area contributed by atoms with Gasteiger partial charge in [0.05, 0.1) is 18.3 Å². The number of ether oxygens (including phenoxy) is 1. The highest BCUT2D eigenvalue weighted by Crippen LogP contribution is 2.31. The molecule has 0 aliphatic rings. The molecule has 0 unspecified atom stereocenters. The summed E-state index contributed by atoms with van der Waals surface area (Å²) >= 11 is 7.65. The molecule has 0 atom stereocenters. The zero-order valence-electron chi connectivity index (χ0n) is 13.5. The standard InChI is InChI=1S/C17H15ClF2IN3O/c1-9-7-10-13(25-2)4-3-11(19)16(10)24(9)6-5-22-12-8-14(18)23-17(21)15(12)20/h3-4,7-8H,5-6H2,1-2H3,(H,22,23). The molecular weight excluding hydrogens is 463 g/mol. The van der Waals surface area contributed by atoms with Crippen molar-refractivity contribution in [1.82, 2.24) is 9.55 Å². The molecule has 0 fully saturated rings. The monoisotopic (exact) mass is 477 g/mol. The van der Waals surface area contributed by atoms with E-state index in [0.717, 1.165) is 5.69 Å². The number of nitrogens with zero attached hydrogens (tertiary/aromatic N) is 2. The van der Waals surface area contributed by atoms with Gasteiger partial charge in [-0.3, -0.25) is 0 Å². The van der Waals surface area contributed by atoms with E-state index < -0.39 is 5.82 Å². The maximum absolute atomic E-state index is 14.3. The average Bonchev–Trinajstić information content (AvgIpc) is 2.90. The summed E-state index contributed by atoms with van der Waals surface area (Å²) in [7, 11) is 1.55. The third-order valence-corrected chi connectivity index (χ3v) is 4.84. The van der Waals surface area contributed by atoms with Gasteiger partial charge in [0, 0.05) is 30.2 Å². The summed E-state index contributed by atoms with van der Waals surface area (Å²) in [5.41, 5.74) is 1.64. The Bertz CT molecular complexity index is 946. The topological polar surface area (TPSA) is 39.1 Å². The number of fused-ring (bicyclic) bond motifs is 1.